The molecule has 0 amide bonds. The van der Waals surface area contributed by atoms with Crippen LogP contribution in [0.5, 0.6) is 0 Å². The van der Waals surface area contributed by atoms with Gasteiger partial charge in [-0.25, -0.2) is 4.99 Å². The predicted molar refractivity (Wildman–Crippen MR) is 238 cm³/mol. The van der Waals surface area contributed by atoms with Crippen LogP contribution in [0.2, 0.25) is 0 Å². The van der Waals surface area contributed by atoms with Gasteiger partial charge in [0, 0.05) is 49.9 Å². The van der Waals surface area contributed by atoms with Crippen molar-refractivity contribution in [2.75, 3.05) is 9.62 Å². The average molecular weight is 727 g/mol. The van der Waals surface area contributed by atoms with E-state index in [-0.39, 0.29) is 6.98 Å². The fourth-order valence-electron chi connectivity index (χ4n) is 9.63. The summed E-state index contributed by atoms with van der Waals surface area (Å²) in [5.41, 5.74) is 15.9. The summed E-state index contributed by atoms with van der Waals surface area (Å²) >= 11 is 0. The third-order valence-corrected chi connectivity index (χ3v) is 12.0. The summed E-state index contributed by atoms with van der Waals surface area (Å²) in [6.07, 6.45) is 3.08. The van der Waals surface area contributed by atoms with Crippen LogP contribution in [0.15, 0.2) is 205 Å². The maximum Gasteiger partial charge on any atom is 0.421 e. The van der Waals surface area contributed by atoms with Gasteiger partial charge in [0.1, 0.15) is 5.82 Å². The lowest BCUT2D eigenvalue weighted by atomic mass is 9.53. The number of para-hydroxylation sites is 5. The molecule has 0 saturated heterocycles. The van der Waals surface area contributed by atoms with Crippen molar-refractivity contribution in [3.63, 3.8) is 0 Å². The fraction of sp³-hybridized carbons (Fsp3) is 0.0192. The van der Waals surface area contributed by atoms with Crippen molar-refractivity contribution in [2.45, 2.75) is 6.42 Å². The highest BCUT2D eigenvalue weighted by atomic mass is 15.2. The van der Waals surface area contributed by atoms with Crippen LogP contribution < -0.4 is 25.7 Å². The molecule has 0 bridgehead atoms. The largest absolute Gasteiger partial charge is 0.421 e. The van der Waals surface area contributed by atoms with Crippen LogP contribution in [0.4, 0.5) is 22.7 Å². The minimum Gasteiger partial charge on any atom is -0.361 e. The molecule has 9 aromatic rings. The van der Waals surface area contributed by atoms with Crippen LogP contribution in [-0.2, 0) is 0 Å². The van der Waals surface area contributed by atoms with Crippen molar-refractivity contribution in [1.29, 1.82) is 0 Å². The van der Waals surface area contributed by atoms with Crippen molar-refractivity contribution in [3.8, 4) is 22.3 Å². The Labute approximate surface area is 331 Å². The summed E-state index contributed by atoms with van der Waals surface area (Å²) in [5, 5.41) is 4.57. The molecule has 8 aromatic carbocycles. The summed E-state index contributed by atoms with van der Waals surface area (Å²) in [4.78, 5) is 10.5. The quantitative estimate of drug-likeness (QED) is 0.169. The highest BCUT2D eigenvalue weighted by molar-refractivity contribution is 6.86. The molecule has 0 radical (unpaired) electrons. The number of hydrogen-bond donors (Lipinski definition) is 0. The molecule has 0 unspecified atom stereocenters. The smallest absolute Gasteiger partial charge is 0.361 e. The van der Waals surface area contributed by atoms with E-state index in [0.29, 0.717) is 0 Å². The standard InChI is InChI=1S/C52H35BN4/c1-3-16-35(17-4-1)38-31-33-51(54-46-26-11-7-20-39(38)46)55-47-27-12-8-23-42(47)45-34-37(30-32-48(45)55)57-50-29-14-10-22-41(50)44-25-15-24-43-40-21-9-13-28-49(40)56(53(57)52(43)44)36-18-5-2-6-19-36/h1-30,32-34H,31H2. The van der Waals surface area contributed by atoms with Crippen molar-refractivity contribution < 1.29 is 0 Å². The third kappa shape index (κ3) is 4.79. The van der Waals surface area contributed by atoms with Crippen LogP contribution in [0.3, 0.4) is 0 Å². The summed E-state index contributed by atoms with van der Waals surface area (Å²) in [5.74, 6) is 0.938. The first-order chi connectivity index (χ1) is 28.3. The van der Waals surface area contributed by atoms with Gasteiger partial charge in [-0.05, 0) is 94.8 Å². The number of rotatable bonds is 4. The lowest BCUT2D eigenvalue weighted by Crippen LogP contribution is -2.61. The molecule has 0 spiro atoms. The molecule has 0 fully saturated rings. The molecule has 3 aliphatic heterocycles. The molecule has 12 rings (SSSR count). The minimum atomic E-state index is -0.128. The van der Waals surface area contributed by atoms with Gasteiger partial charge in [0.15, 0.2) is 0 Å². The highest BCUT2D eigenvalue weighted by Crippen LogP contribution is 2.49. The monoisotopic (exact) mass is 726 g/mol. The molecule has 57 heavy (non-hydrogen) atoms. The second-order valence-corrected chi connectivity index (χ2v) is 15.0. The van der Waals surface area contributed by atoms with E-state index in [1.807, 2.05) is 0 Å². The maximum atomic E-state index is 5.42. The molecule has 3 aliphatic rings. The molecule has 4 nitrogen and oxygen atoms in total. The molecule has 0 aliphatic carbocycles. The van der Waals surface area contributed by atoms with Gasteiger partial charge < -0.3 is 9.62 Å². The summed E-state index contributed by atoms with van der Waals surface area (Å²) < 4.78 is 2.36. The van der Waals surface area contributed by atoms with Gasteiger partial charge in [-0.15, -0.1) is 0 Å². The van der Waals surface area contributed by atoms with Gasteiger partial charge >= 0.3 is 6.98 Å². The molecule has 0 N–H and O–H groups in total. The number of nitrogens with zero attached hydrogens (tertiary/aromatic N) is 4. The number of fused-ring (bicyclic) bond motifs is 8. The number of anilines is 4. The third-order valence-electron chi connectivity index (χ3n) is 12.0. The number of hydrogen-bond acceptors (Lipinski definition) is 3. The van der Waals surface area contributed by atoms with Gasteiger partial charge in [0.25, 0.3) is 0 Å². The Morgan fingerprint density at radius 3 is 1.82 bits per heavy atom. The fourth-order valence-corrected chi connectivity index (χ4v) is 9.63. The van der Waals surface area contributed by atoms with E-state index in [1.54, 1.807) is 0 Å². The van der Waals surface area contributed by atoms with E-state index < -0.39 is 0 Å². The van der Waals surface area contributed by atoms with Crippen molar-refractivity contribution >= 4 is 68.4 Å². The first-order valence-corrected chi connectivity index (χ1v) is 19.7. The zero-order valence-electron chi connectivity index (χ0n) is 31.1. The van der Waals surface area contributed by atoms with E-state index in [1.165, 1.54) is 66.2 Å². The Morgan fingerprint density at radius 2 is 1.05 bits per heavy atom. The first kappa shape index (κ1) is 31.9. The van der Waals surface area contributed by atoms with Crippen molar-refractivity contribution in [3.05, 3.63) is 216 Å². The molecule has 0 saturated carbocycles. The van der Waals surface area contributed by atoms with E-state index in [9.17, 15) is 0 Å². The number of aromatic nitrogens is 1. The SMILES string of the molecule is C1=C(n2c3ccccc3c3cc(N4B5c6c(cccc6-c6ccccc64)-c4ccccc4N5c4ccccc4)ccc32)N=c2ccccc2=C(c2ccccc2)C1. The topological polar surface area (TPSA) is 23.8 Å². The van der Waals surface area contributed by atoms with Crippen LogP contribution in [-0.4, -0.2) is 11.5 Å². The highest BCUT2D eigenvalue weighted by Gasteiger charge is 2.46. The van der Waals surface area contributed by atoms with Crippen LogP contribution in [0, 0.1) is 0 Å². The van der Waals surface area contributed by atoms with Gasteiger partial charge in [-0.2, -0.15) is 0 Å². The zero-order valence-corrected chi connectivity index (χ0v) is 31.1. The predicted octanol–water partition coefficient (Wildman–Crippen LogP) is 10.8. The van der Waals surface area contributed by atoms with Gasteiger partial charge in [-0.3, -0.25) is 4.57 Å². The zero-order chi connectivity index (χ0) is 37.5. The Hall–Kier alpha value is -7.37. The Morgan fingerprint density at radius 1 is 0.456 bits per heavy atom. The molecule has 0 atom stereocenters. The molecular formula is C52H35BN4. The summed E-state index contributed by atoms with van der Waals surface area (Å²) in [7, 11) is 0. The number of allylic oxidation sites excluding steroid dienone is 1. The van der Waals surface area contributed by atoms with E-state index in [2.05, 4.69) is 214 Å². The maximum absolute atomic E-state index is 5.42. The normalized spacial score (nSPS) is 14.0. The molecule has 266 valence electrons. The lowest BCUT2D eigenvalue weighted by Gasteiger charge is -2.47. The van der Waals surface area contributed by atoms with E-state index in [0.717, 1.165) is 40.0 Å². The minimum absolute atomic E-state index is 0.128. The second kappa shape index (κ2) is 12.6. The lowest BCUT2D eigenvalue weighted by molar-refractivity contribution is 1.13. The van der Waals surface area contributed by atoms with Crippen LogP contribution >= 0.6 is 0 Å². The van der Waals surface area contributed by atoms with Gasteiger partial charge in [0.05, 0.1) is 16.4 Å². The van der Waals surface area contributed by atoms with E-state index in [4.69, 9.17) is 4.99 Å². The molecule has 5 heteroatoms. The van der Waals surface area contributed by atoms with Gasteiger partial charge in [0.2, 0.25) is 0 Å². The molecule has 4 heterocycles. The molecule has 1 aromatic heterocycles. The Balaban J connectivity index is 1.09. The van der Waals surface area contributed by atoms with Crippen LogP contribution in [0.25, 0.3) is 55.5 Å². The van der Waals surface area contributed by atoms with Gasteiger partial charge in [-0.1, -0.05) is 140 Å². The summed E-state index contributed by atoms with van der Waals surface area (Å²) in [6, 6.07) is 70.6. The first-order valence-electron chi connectivity index (χ1n) is 19.7. The van der Waals surface area contributed by atoms with Crippen LogP contribution in [0.1, 0.15) is 12.0 Å². The van der Waals surface area contributed by atoms with E-state index >= 15 is 0 Å². The van der Waals surface area contributed by atoms with Crippen molar-refractivity contribution in [2.24, 2.45) is 4.99 Å². The Bertz CT molecular complexity index is 3220. The summed E-state index contributed by atoms with van der Waals surface area (Å²) in [6.45, 7) is -0.128. The number of benzene rings is 8. The molecular weight excluding hydrogens is 691 g/mol. The second-order valence-electron chi connectivity index (χ2n) is 15.0. The van der Waals surface area contributed by atoms with Crippen molar-refractivity contribution in [1.82, 2.24) is 4.57 Å². The average Bonchev–Trinajstić information content (AvgIpc) is 3.48. The Kier molecular flexibility index (Phi) is 7.05.